The average molecular weight is 456 g/mol. The fraction of sp³-hybridized carbons (Fsp3) is 0.346. The number of hydrogen-bond donors (Lipinski definition) is 3. The Morgan fingerprint density at radius 2 is 1.62 bits per heavy atom. The number of fused-ring (bicyclic) bond motifs is 1. The fourth-order valence-electron chi connectivity index (χ4n) is 4.95. The average Bonchev–Trinajstić information content (AvgIpc) is 3.53. The first-order chi connectivity index (χ1) is 17.2. The number of nitrogens with one attached hydrogen (secondary N) is 3. The molecule has 0 spiro atoms. The maximum Gasteiger partial charge on any atom is 0.229 e. The van der Waals surface area contributed by atoms with Gasteiger partial charge < -0.3 is 20.8 Å². The number of nitrogens with zero attached hydrogens (tertiary/aromatic N) is 5. The van der Waals surface area contributed by atoms with E-state index in [2.05, 4.69) is 49.4 Å². The molecule has 1 saturated heterocycles. The zero-order valence-corrected chi connectivity index (χ0v) is 19.2. The monoisotopic (exact) mass is 455 g/mol. The lowest BCUT2D eigenvalue weighted by atomic mass is 10.2. The second kappa shape index (κ2) is 9.30. The van der Waals surface area contributed by atoms with Crippen molar-refractivity contribution >= 4 is 40.1 Å². The molecule has 3 heterocycles. The predicted octanol–water partition coefficient (Wildman–Crippen LogP) is 4.84. The summed E-state index contributed by atoms with van der Waals surface area (Å²) in [6.45, 7) is 3.29. The van der Waals surface area contributed by atoms with E-state index in [9.17, 15) is 0 Å². The summed E-state index contributed by atoms with van der Waals surface area (Å²) in [5.74, 6) is 1.39. The normalized spacial score (nSPS) is 17.8. The second-order valence-electron chi connectivity index (χ2n) is 8.97. The SMILES string of the molecule is [2H]N1CCN(c2ccc(Nc3ncc4nc(Nc5ccccc5)n(C5CCCC5)c4n3)cc2)CC1. The van der Waals surface area contributed by atoms with Crippen LogP contribution in [0.4, 0.5) is 29.0 Å². The smallest absolute Gasteiger partial charge is 0.229 e. The first-order valence-electron chi connectivity index (χ1n) is 12.6. The Labute approximate surface area is 200 Å². The number of benzene rings is 2. The summed E-state index contributed by atoms with van der Waals surface area (Å²) in [5.41, 5.74) is 4.79. The summed E-state index contributed by atoms with van der Waals surface area (Å²) < 4.78 is 10.0. The van der Waals surface area contributed by atoms with Crippen molar-refractivity contribution in [3.05, 3.63) is 60.8 Å². The third-order valence-electron chi connectivity index (χ3n) is 6.70. The molecule has 1 saturated carbocycles. The third-order valence-corrected chi connectivity index (χ3v) is 6.70. The Morgan fingerprint density at radius 3 is 2.38 bits per heavy atom. The zero-order chi connectivity index (χ0) is 23.6. The number of aromatic nitrogens is 4. The lowest BCUT2D eigenvalue weighted by Crippen LogP contribution is -2.43. The standard InChI is InChI=1S/C26H30N8/c1-2-6-19(7-3-1)30-26-31-23-18-28-25(32-24(23)34(26)22-8-4-5-9-22)29-20-10-12-21(13-11-20)33-16-14-27-15-17-33/h1-3,6-7,10-13,18,22,27H,4-5,8-9,14-17H2,(H,30,31)(H,28,29,32)/i/hD. The van der Waals surface area contributed by atoms with E-state index >= 15 is 0 Å². The van der Waals surface area contributed by atoms with Crippen LogP contribution in [0.2, 0.25) is 1.41 Å². The Kier molecular flexibility index (Phi) is 5.42. The van der Waals surface area contributed by atoms with Gasteiger partial charge in [-0.1, -0.05) is 31.0 Å². The first kappa shape index (κ1) is 19.8. The van der Waals surface area contributed by atoms with Gasteiger partial charge in [0.15, 0.2) is 5.65 Å². The minimum absolute atomic E-state index is 0.387. The molecule has 8 nitrogen and oxygen atoms in total. The molecule has 174 valence electrons. The second-order valence-corrected chi connectivity index (χ2v) is 8.97. The van der Waals surface area contributed by atoms with Crippen molar-refractivity contribution in [1.82, 2.24) is 24.8 Å². The Hall–Kier alpha value is -3.65. The topological polar surface area (TPSA) is 82.9 Å². The van der Waals surface area contributed by atoms with Gasteiger partial charge in [-0.15, -0.1) is 0 Å². The minimum Gasteiger partial charge on any atom is -0.369 e. The molecule has 2 aromatic carbocycles. The van der Waals surface area contributed by atoms with Crippen LogP contribution in [0.15, 0.2) is 60.8 Å². The molecule has 0 radical (unpaired) electrons. The Balaban J connectivity index is 1.26. The number of piperazine rings is 1. The molecule has 1 aliphatic heterocycles. The van der Waals surface area contributed by atoms with E-state index in [1.165, 1.54) is 18.5 Å². The molecular weight excluding hydrogens is 424 g/mol. The number of para-hydroxylation sites is 1. The van der Waals surface area contributed by atoms with Gasteiger partial charge in [-0.2, -0.15) is 4.98 Å². The van der Waals surface area contributed by atoms with Gasteiger partial charge in [0.2, 0.25) is 11.9 Å². The van der Waals surface area contributed by atoms with Crippen LogP contribution in [-0.2, 0) is 0 Å². The molecule has 34 heavy (non-hydrogen) atoms. The summed E-state index contributed by atoms with van der Waals surface area (Å²) in [6, 6.07) is 18.9. The van der Waals surface area contributed by atoms with Gasteiger partial charge >= 0.3 is 0 Å². The van der Waals surface area contributed by atoms with Crippen molar-refractivity contribution in [3.8, 4) is 0 Å². The van der Waals surface area contributed by atoms with Crippen molar-refractivity contribution in [1.29, 1.82) is 0 Å². The molecule has 0 amide bonds. The summed E-state index contributed by atoms with van der Waals surface area (Å²) in [4.78, 5) is 16.6. The third kappa shape index (κ3) is 4.28. The van der Waals surface area contributed by atoms with Crippen LogP contribution in [0.25, 0.3) is 11.2 Å². The highest BCUT2D eigenvalue weighted by Gasteiger charge is 2.24. The molecule has 2 aromatic heterocycles. The van der Waals surface area contributed by atoms with Crippen molar-refractivity contribution in [3.63, 3.8) is 0 Å². The van der Waals surface area contributed by atoms with E-state index in [1.54, 1.807) is 11.5 Å². The van der Waals surface area contributed by atoms with Crippen molar-refractivity contribution < 1.29 is 1.41 Å². The van der Waals surface area contributed by atoms with Crippen LogP contribution in [0.5, 0.6) is 0 Å². The fourth-order valence-corrected chi connectivity index (χ4v) is 4.95. The molecule has 0 atom stereocenters. The number of rotatable bonds is 6. The highest BCUT2D eigenvalue weighted by molar-refractivity contribution is 5.77. The van der Waals surface area contributed by atoms with Crippen molar-refractivity contribution in [2.45, 2.75) is 31.7 Å². The molecule has 6 rings (SSSR count). The van der Waals surface area contributed by atoms with Crippen LogP contribution in [0.3, 0.4) is 0 Å². The summed E-state index contributed by atoms with van der Waals surface area (Å²) >= 11 is 0. The Morgan fingerprint density at radius 1 is 0.882 bits per heavy atom. The number of imidazole rings is 1. The van der Waals surface area contributed by atoms with E-state index in [0.29, 0.717) is 12.0 Å². The quantitative estimate of drug-likeness (QED) is 0.384. The van der Waals surface area contributed by atoms with Gasteiger partial charge in [-0.3, -0.25) is 4.57 Å². The first-order valence-corrected chi connectivity index (χ1v) is 12.2. The number of anilines is 5. The molecule has 2 fully saturated rings. The van der Waals surface area contributed by atoms with Gasteiger partial charge in [-0.05, 0) is 49.2 Å². The van der Waals surface area contributed by atoms with Crippen molar-refractivity contribution in [2.75, 3.05) is 41.7 Å². The van der Waals surface area contributed by atoms with E-state index in [4.69, 9.17) is 11.4 Å². The van der Waals surface area contributed by atoms with Gasteiger partial charge in [0, 0.05) is 49.3 Å². The van der Waals surface area contributed by atoms with Crippen LogP contribution in [-0.4, -0.2) is 45.7 Å². The molecule has 3 N–H and O–H groups in total. The largest absolute Gasteiger partial charge is 0.369 e. The Bertz CT molecular complexity index is 1280. The highest BCUT2D eigenvalue weighted by atomic mass is 15.3. The van der Waals surface area contributed by atoms with Crippen LogP contribution < -0.4 is 20.8 Å². The van der Waals surface area contributed by atoms with E-state index in [0.717, 1.165) is 67.5 Å². The predicted molar refractivity (Wildman–Crippen MR) is 137 cm³/mol. The highest BCUT2D eigenvalue weighted by Crippen LogP contribution is 2.36. The maximum absolute atomic E-state index is 7.74. The number of hydrogen-bond acceptors (Lipinski definition) is 7. The van der Waals surface area contributed by atoms with Crippen molar-refractivity contribution in [2.24, 2.45) is 0 Å². The molecule has 2 aliphatic rings. The van der Waals surface area contributed by atoms with Crippen LogP contribution in [0.1, 0.15) is 31.7 Å². The molecule has 8 heteroatoms. The molecule has 4 aromatic rings. The van der Waals surface area contributed by atoms with E-state index in [1.807, 2.05) is 30.3 Å². The van der Waals surface area contributed by atoms with E-state index in [-0.39, 0.29) is 0 Å². The molecule has 0 bridgehead atoms. The molecule has 0 unspecified atom stereocenters. The van der Waals surface area contributed by atoms with Crippen LogP contribution >= 0.6 is 0 Å². The van der Waals surface area contributed by atoms with Gasteiger partial charge in [0.25, 0.3) is 0 Å². The van der Waals surface area contributed by atoms with Gasteiger partial charge in [0.1, 0.15) is 6.93 Å². The lowest BCUT2D eigenvalue weighted by molar-refractivity contribution is 0.535. The van der Waals surface area contributed by atoms with Gasteiger partial charge in [0.05, 0.1) is 6.20 Å². The zero-order valence-electron chi connectivity index (χ0n) is 20.2. The summed E-state index contributed by atoms with van der Waals surface area (Å²) in [5, 5.41) is 8.48. The minimum atomic E-state index is 0.387. The summed E-state index contributed by atoms with van der Waals surface area (Å²) in [6.07, 6.45) is 6.54. The molecular formula is C26H30N8. The maximum atomic E-state index is 7.74. The van der Waals surface area contributed by atoms with Gasteiger partial charge in [-0.25, -0.2) is 9.97 Å². The molecule has 1 aliphatic carbocycles. The summed E-state index contributed by atoms with van der Waals surface area (Å²) in [7, 11) is 0. The van der Waals surface area contributed by atoms with Crippen LogP contribution in [0, 0.1) is 0 Å². The van der Waals surface area contributed by atoms with E-state index < -0.39 is 0 Å². The lowest BCUT2D eigenvalue weighted by Gasteiger charge is -2.29.